The number of carboxylic acids is 1. The molecule has 1 amide bonds. The molecule has 0 atom stereocenters. The molecule has 2 aromatic carbocycles. The van der Waals surface area contributed by atoms with Gasteiger partial charge in [0.15, 0.2) is 0 Å². The molecule has 204 valence electrons. The van der Waals surface area contributed by atoms with E-state index < -0.39 is 34.8 Å². The lowest BCUT2D eigenvalue weighted by Gasteiger charge is -2.19. The average Bonchev–Trinajstić information content (AvgIpc) is 3.59. The summed E-state index contributed by atoms with van der Waals surface area (Å²) < 4.78 is 45.8. The van der Waals surface area contributed by atoms with Crippen molar-refractivity contribution in [1.82, 2.24) is 14.9 Å². The molecule has 11 heteroatoms. The molecule has 3 aromatic rings. The summed E-state index contributed by atoms with van der Waals surface area (Å²) in [5.74, 6) is 4.19. The quantitative estimate of drug-likeness (QED) is 0.373. The number of ether oxygens (including phenoxy) is 1. The molecule has 1 saturated carbocycles. The molecule has 4 rings (SSSR count). The summed E-state index contributed by atoms with van der Waals surface area (Å²) >= 11 is 6.42. The molecule has 0 aliphatic heterocycles. The predicted octanol–water partition coefficient (Wildman–Crippen LogP) is 5.50. The molecule has 1 fully saturated rings. The molecule has 0 bridgehead atoms. The van der Waals surface area contributed by atoms with Crippen molar-refractivity contribution in [2.24, 2.45) is 0 Å². The van der Waals surface area contributed by atoms with Crippen LogP contribution in [0.3, 0.4) is 0 Å². The van der Waals surface area contributed by atoms with Gasteiger partial charge in [-0.05, 0) is 79.6 Å². The third kappa shape index (κ3) is 6.27. The Morgan fingerprint density at radius 3 is 2.26 bits per heavy atom. The number of nitrogens with one attached hydrogen (secondary N) is 1. The fourth-order valence-electron chi connectivity index (χ4n) is 3.95. The third-order valence-electron chi connectivity index (χ3n) is 6.54. The van der Waals surface area contributed by atoms with Gasteiger partial charge in [-0.15, -0.1) is 0 Å². The van der Waals surface area contributed by atoms with Crippen molar-refractivity contribution in [3.63, 3.8) is 0 Å². The number of carbonyl (C=O) groups is 2. The lowest BCUT2D eigenvalue weighted by atomic mass is 10.0. The number of imidazole rings is 1. The summed E-state index contributed by atoms with van der Waals surface area (Å²) in [5, 5.41) is 12.1. The number of rotatable bonds is 7. The normalized spacial score (nSPS) is 14.3. The SMILES string of the molecule is COC(C)(C)C#Cc1nc(Cl)n(Cc2ccc(C(F)(F)F)cc2)c1C(=O)NC1(c2ccc(C(=O)O)cc2)CC1. The number of carboxylic acid groups (broad SMARTS) is 1. The van der Waals surface area contributed by atoms with Crippen LogP contribution in [0.1, 0.15) is 69.9 Å². The summed E-state index contributed by atoms with van der Waals surface area (Å²) in [5.41, 5.74) is -0.868. The minimum atomic E-state index is -4.48. The van der Waals surface area contributed by atoms with Crippen LogP contribution in [0.2, 0.25) is 5.28 Å². The minimum Gasteiger partial charge on any atom is -0.478 e. The van der Waals surface area contributed by atoms with Crippen molar-refractivity contribution in [3.05, 3.63) is 87.5 Å². The molecule has 0 saturated heterocycles. The average molecular weight is 560 g/mol. The zero-order valence-electron chi connectivity index (χ0n) is 21.3. The van der Waals surface area contributed by atoms with Crippen molar-refractivity contribution in [1.29, 1.82) is 0 Å². The first-order valence-corrected chi connectivity index (χ1v) is 12.3. The molecular formula is C28H25ClF3N3O4. The van der Waals surface area contributed by atoms with Crippen LogP contribution >= 0.6 is 11.6 Å². The van der Waals surface area contributed by atoms with Gasteiger partial charge in [0.25, 0.3) is 5.91 Å². The van der Waals surface area contributed by atoms with E-state index in [2.05, 4.69) is 22.1 Å². The molecule has 0 unspecified atom stereocenters. The number of aromatic nitrogens is 2. The highest BCUT2D eigenvalue weighted by atomic mass is 35.5. The Bertz CT molecular complexity index is 1460. The predicted molar refractivity (Wildman–Crippen MR) is 138 cm³/mol. The summed E-state index contributed by atoms with van der Waals surface area (Å²) in [6, 6.07) is 10.8. The highest BCUT2D eigenvalue weighted by Crippen LogP contribution is 2.46. The second kappa shape index (κ2) is 10.4. The summed E-state index contributed by atoms with van der Waals surface area (Å²) in [6.07, 6.45) is -3.22. The number of alkyl halides is 3. The van der Waals surface area contributed by atoms with Crippen molar-refractivity contribution >= 4 is 23.5 Å². The second-order valence-corrected chi connectivity index (χ2v) is 10.1. The zero-order chi connectivity index (χ0) is 28.6. The van der Waals surface area contributed by atoms with Crippen LogP contribution in [0.5, 0.6) is 0 Å². The Balaban J connectivity index is 1.70. The summed E-state index contributed by atoms with van der Waals surface area (Å²) in [6.45, 7) is 3.45. The number of aromatic carboxylic acids is 1. The van der Waals surface area contributed by atoms with Gasteiger partial charge < -0.3 is 19.7 Å². The Kier molecular flexibility index (Phi) is 7.52. The molecule has 0 spiro atoms. The van der Waals surface area contributed by atoms with Crippen LogP contribution in [-0.4, -0.2) is 39.2 Å². The van der Waals surface area contributed by atoms with Crippen LogP contribution in [0.25, 0.3) is 0 Å². The van der Waals surface area contributed by atoms with E-state index >= 15 is 0 Å². The van der Waals surface area contributed by atoms with Gasteiger partial charge in [0.2, 0.25) is 5.28 Å². The van der Waals surface area contributed by atoms with Crippen LogP contribution < -0.4 is 5.32 Å². The molecule has 39 heavy (non-hydrogen) atoms. The molecule has 2 N–H and O–H groups in total. The van der Waals surface area contributed by atoms with E-state index in [-0.39, 0.29) is 28.8 Å². The van der Waals surface area contributed by atoms with E-state index in [1.54, 1.807) is 26.0 Å². The van der Waals surface area contributed by atoms with Gasteiger partial charge in [-0.1, -0.05) is 30.2 Å². The van der Waals surface area contributed by atoms with Gasteiger partial charge in [0.05, 0.1) is 23.2 Å². The highest BCUT2D eigenvalue weighted by Gasteiger charge is 2.46. The monoisotopic (exact) mass is 559 g/mol. The molecular weight excluding hydrogens is 535 g/mol. The Morgan fingerprint density at radius 1 is 1.13 bits per heavy atom. The maximum Gasteiger partial charge on any atom is 0.416 e. The van der Waals surface area contributed by atoms with E-state index in [1.165, 1.54) is 35.9 Å². The fraction of sp³-hybridized carbons (Fsp3) is 0.321. The van der Waals surface area contributed by atoms with Crippen molar-refractivity contribution in [2.45, 2.75) is 50.6 Å². The molecule has 0 radical (unpaired) electrons. The van der Waals surface area contributed by atoms with E-state index in [4.69, 9.17) is 16.3 Å². The van der Waals surface area contributed by atoms with E-state index in [0.29, 0.717) is 18.4 Å². The number of halogens is 4. The van der Waals surface area contributed by atoms with E-state index in [0.717, 1.165) is 17.7 Å². The summed E-state index contributed by atoms with van der Waals surface area (Å²) in [4.78, 5) is 29.2. The molecule has 7 nitrogen and oxygen atoms in total. The first kappa shape index (κ1) is 28.2. The smallest absolute Gasteiger partial charge is 0.416 e. The van der Waals surface area contributed by atoms with Gasteiger partial charge in [-0.25, -0.2) is 9.78 Å². The molecule has 1 aromatic heterocycles. The first-order valence-electron chi connectivity index (χ1n) is 11.9. The van der Waals surface area contributed by atoms with Gasteiger partial charge >= 0.3 is 12.1 Å². The topological polar surface area (TPSA) is 93.5 Å². The Morgan fingerprint density at radius 2 is 1.74 bits per heavy atom. The summed E-state index contributed by atoms with van der Waals surface area (Å²) in [7, 11) is 1.49. The van der Waals surface area contributed by atoms with Gasteiger partial charge in [-0.2, -0.15) is 13.2 Å². The number of methoxy groups -OCH3 is 1. The van der Waals surface area contributed by atoms with Crippen LogP contribution in [0, 0.1) is 11.8 Å². The van der Waals surface area contributed by atoms with Crippen LogP contribution in [-0.2, 0) is 23.0 Å². The minimum absolute atomic E-state index is 0.0254. The number of carbonyl (C=O) groups excluding carboxylic acids is 1. The number of amides is 1. The highest BCUT2D eigenvalue weighted by molar-refractivity contribution is 6.29. The number of hydrogen-bond acceptors (Lipinski definition) is 4. The lowest BCUT2D eigenvalue weighted by molar-refractivity contribution is -0.137. The second-order valence-electron chi connectivity index (χ2n) is 9.74. The standard InChI is InChI=1S/C28H25ClF3N3O4/c1-26(2,39-3)13-12-21-22(23(36)34-27(14-15-27)19-10-6-18(7-11-19)24(37)38)35(25(29)33-21)16-17-4-8-20(9-5-17)28(30,31)32/h4-11H,14-16H2,1-3H3,(H,34,36)(H,37,38). The first-order chi connectivity index (χ1) is 18.2. The maximum absolute atomic E-state index is 13.7. The van der Waals surface area contributed by atoms with Crippen molar-refractivity contribution in [2.75, 3.05) is 7.11 Å². The Labute approximate surface area is 228 Å². The number of hydrogen-bond donors (Lipinski definition) is 2. The fourth-order valence-corrected chi connectivity index (χ4v) is 4.18. The van der Waals surface area contributed by atoms with E-state index in [9.17, 15) is 27.9 Å². The number of benzene rings is 2. The number of nitrogens with zero attached hydrogens (tertiary/aromatic N) is 2. The molecule has 1 aliphatic carbocycles. The van der Waals surface area contributed by atoms with Gasteiger partial charge in [0, 0.05) is 7.11 Å². The zero-order valence-corrected chi connectivity index (χ0v) is 22.1. The van der Waals surface area contributed by atoms with E-state index in [1.807, 2.05) is 0 Å². The molecule has 1 heterocycles. The van der Waals surface area contributed by atoms with Crippen molar-refractivity contribution < 1.29 is 32.6 Å². The van der Waals surface area contributed by atoms with Gasteiger partial charge in [-0.3, -0.25) is 4.79 Å². The maximum atomic E-state index is 13.7. The third-order valence-corrected chi connectivity index (χ3v) is 6.83. The largest absolute Gasteiger partial charge is 0.478 e. The van der Waals surface area contributed by atoms with Crippen LogP contribution in [0.15, 0.2) is 48.5 Å². The van der Waals surface area contributed by atoms with Gasteiger partial charge in [0.1, 0.15) is 17.0 Å². The molecule has 1 aliphatic rings. The van der Waals surface area contributed by atoms with Crippen molar-refractivity contribution in [3.8, 4) is 11.8 Å². The Hall–Kier alpha value is -3.81. The van der Waals surface area contributed by atoms with Crippen LogP contribution in [0.4, 0.5) is 13.2 Å². The lowest BCUT2D eigenvalue weighted by Crippen LogP contribution is -2.36.